The lowest BCUT2D eigenvalue weighted by Crippen LogP contribution is -2.47. The molecule has 0 bridgehead atoms. The lowest BCUT2D eigenvalue weighted by molar-refractivity contribution is -0.143. The van der Waals surface area contributed by atoms with Gasteiger partial charge in [-0.05, 0) is 46.1 Å². The van der Waals surface area contributed by atoms with Gasteiger partial charge in [-0.15, -0.1) is 0 Å². The summed E-state index contributed by atoms with van der Waals surface area (Å²) in [7, 11) is 0. The van der Waals surface area contributed by atoms with E-state index in [9.17, 15) is 9.59 Å². The Kier molecular flexibility index (Phi) is 8.47. The van der Waals surface area contributed by atoms with Gasteiger partial charge in [-0.25, -0.2) is 0 Å². The molecule has 0 unspecified atom stereocenters. The minimum Gasteiger partial charge on any atom is -0.459 e. The number of hydrogen-bond donors (Lipinski definition) is 1. The standard InChI is InChI=1S/C19H29NO4/c1-6-13(2)7-9-17-10-11-18(15(4)24-17)20-19(22)12-8-14(3)23-16(5)21/h6-8,12,14-15,17-18H,1,9-11H2,2-5H3,(H,20,22)/t14-,15+,17-,18+/m0/s1. The normalized spacial score (nSPS) is 26.0. The molecular formula is C19H29NO4. The molecule has 5 nitrogen and oxygen atoms in total. The van der Waals surface area contributed by atoms with Crippen LogP contribution in [0.1, 0.15) is 47.0 Å². The molecule has 1 rings (SSSR count). The summed E-state index contributed by atoms with van der Waals surface area (Å²) in [6, 6.07) is -0.00749. The van der Waals surface area contributed by atoms with Gasteiger partial charge in [0.1, 0.15) is 6.10 Å². The Morgan fingerprint density at radius 3 is 2.67 bits per heavy atom. The highest BCUT2D eigenvalue weighted by Crippen LogP contribution is 2.22. The van der Waals surface area contributed by atoms with Gasteiger partial charge >= 0.3 is 5.97 Å². The summed E-state index contributed by atoms with van der Waals surface area (Å²) in [6.07, 6.45) is 9.31. The monoisotopic (exact) mass is 335 g/mol. The van der Waals surface area contributed by atoms with Gasteiger partial charge in [0, 0.05) is 13.0 Å². The van der Waals surface area contributed by atoms with Crippen LogP contribution in [0, 0.1) is 0 Å². The Bertz CT molecular complexity index is 509. The van der Waals surface area contributed by atoms with Crippen LogP contribution in [0.2, 0.25) is 0 Å². The summed E-state index contributed by atoms with van der Waals surface area (Å²) < 4.78 is 10.9. The van der Waals surface area contributed by atoms with E-state index in [0.717, 1.165) is 24.8 Å². The molecule has 1 heterocycles. The fraction of sp³-hybridized carbons (Fsp3) is 0.579. The second-order valence-corrected chi connectivity index (χ2v) is 6.22. The number of carbonyl (C=O) groups excluding carboxylic acids is 2. The molecule has 0 saturated carbocycles. The van der Waals surface area contributed by atoms with Crippen LogP contribution in [-0.2, 0) is 19.1 Å². The van der Waals surface area contributed by atoms with E-state index in [2.05, 4.69) is 18.0 Å². The summed E-state index contributed by atoms with van der Waals surface area (Å²) in [6.45, 7) is 10.8. The highest BCUT2D eigenvalue weighted by atomic mass is 16.5. The van der Waals surface area contributed by atoms with Crippen molar-refractivity contribution in [3.8, 4) is 0 Å². The zero-order chi connectivity index (χ0) is 18.1. The molecule has 1 fully saturated rings. The zero-order valence-electron chi connectivity index (χ0n) is 15.1. The molecule has 1 N–H and O–H groups in total. The van der Waals surface area contributed by atoms with Crippen molar-refractivity contribution < 1.29 is 19.1 Å². The minimum absolute atomic E-state index is 0.00749. The van der Waals surface area contributed by atoms with Crippen LogP contribution in [-0.4, -0.2) is 36.2 Å². The third-order valence-electron chi connectivity index (χ3n) is 4.00. The molecule has 1 amide bonds. The maximum atomic E-state index is 12.0. The first-order valence-electron chi connectivity index (χ1n) is 8.42. The van der Waals surface area contributed by atoms with Crippen molar-refractivity contribution in [3.05, 3.63) is 36.5 Å². The van der Waals surface area contributed by atoms with Crippen molar-refractivity contribution in [2.45, 2.75) is 71.3 Å². The summed E-state index contributed by atoms with van der Waals surface area (Å²) >= 11 is 0. The largest absolute Gasteiger partial charge is 0.459 e. The molecule has 0 aliphatic carbocycles. The highest BCUT2D eigenvalue weighted by Gasteiger charge is 2.28. The summed E-state index contributed by atoms with van der Waals surface area (Å²) in [4.78, 5) is 22.8. The Labute approximate surface area is 144 Å². The van der Waals surface area contributed by atoms with Gasteiger partial charge in [-0.2, -0.15) is 0 Å². The van der Waals surface area contributed by atoms with Crippen LogP contribution < -0.4 is 5.32 Å². The van der Waals surface area contributed by atoms with Gasteiger partial charge in [-0.3, -0.25) is 9.59 Å². The molecule has 0 aromatic rings. The number of hydrogen-bond acceptors (Lipinski definition) is 4. The van der Waals surface area contributed by atoms with Gasteiger partial charge in [0.25, 0.3) is 0 Å². The molecule has 4 atom stereocenters. The van der Waals surface area contributed by atoms with E-state index in [1.54, 1.807) is 13.0 Å². The maximum absolute atomic E-state index is 12.0. The molecule has 0 aromatic heterocycles. The SMILES string of the molecule is C=CC(C)=CC[C@H]1CC[C@@H](NC(=O)C=C[C@H](C)OC(C)=O)[C@@H](C)O1. The van der Waals surface area contributed by atoms with Gasteiger partial charge in [-0.1, -0.05) is 24.3 Å². The maximum Gasteiger partial charge on any atom is 0.303 e. The number of nitrogens with one attached hydrogen (secondary N) is 1. The van der Waals surface area contributed by atoms with Gasteiger partial charge in [0.2, 0.25) is 5.91 Å². The number of ether oxygens (including phenoxy) is 2. The Hall–Kier alpha value is -1.88. The van der Waals surface area contributed by atoms with E-state index in [0.29, 0.717) is 0 Å². The van der Waals surface area contributed by atoms with Crippen molar-refractivity contribution >= 4 is 11.9 Å². The van der Waals surface area contributed by atoms with Crippen LogP contribution >= 0.6 is 0 Å². The molecule has 1 aliphatic heterocycles. The Morgan fingerprint density at radius 2 is 2.08 bits per heavy atom. The lowest BCUT2D eigenvalue weighted by Gasteiger charge is -2.34. The Balaban J connectivity index is 2.42. The fourth-order valence-electron chi connectivity index (χ4n) is 2.59. The van der Waals surface area contributed by atoms with Crippen molar-refractivity contribution in [2.75, 3.05) is 0 Å². The van der Waals surface area contributed by atoms with Crippen LogP contribution in [0.15, 0.2) is 36.5 Å². The molecule has 24 heavy (non-hydrogen) atoms. The topological polar surface area (TPSA) is 64.6 Å². The second-order valence-electron chi connectivity index (χ2n) is 6.22. The van der Waals surface area contributed by atoms with E-state index in [1.807, 2.05) is 19.9 Å². The summed E-state index contributed by atoms with van der Waals surface area (Å²) in [5.74, 6) is -0.566. The molecule has 1 saturated heterocycles. The van der Waals surface area contributed by atoms with E-state index in [-0.39, 0.29) is 30.1 Å². The van der Waals surface area contributed by atoms with Crippen LogP contribution in [0.25, 0.3) is 0 Å². The number of esters is 1. The first-order chi connectivity index (χ1) is 11.3. The average Bonchev–Trinajstić information content (AvgIpc) is 2.52. The van der Waals surface area contributed by atoms with E-state index < -0.39 is 6.10 Å². The van der Waals surface area contributed by atoms with Crippen molar-refractivity contribution in [3.63, 3.8) is 0 Å². The van der Waals surface area contributed by atoms with Crippen LogP contribution in [0.3, 0.4) is 0 Å². The number of carbonyl (C=O) groups is 2. The quantitative estimate of drug-likeness (QED) is 0.441. The first kappa shape index (κ1) is 20.2. The number of amides is 1. The third-order valence-corrected chi connectivity index (χ3v) is 4.00. The van der Waals surface area contributed by atoms with Crippen molar-refractivity contribution in [1.82, 2.24) is 5.32 Å². The van der Waals surface area contributed by atoms with Crippen LogP contribution in [0.5, 0.6) is 0 Å². The van der Waals surface area contributed by atoms with E-state index >= 15 is 0 Å². The smallest absolute Gasteiger partial charge is 0.303 e. The molecule has 0 radical (unpaired) electrons. The Morgan fingerprint density at radius 1 is 1.38 bits per heavy atom. The van der Waals surface area contributed by atoms with Crippen LogP contribution in [0.4, 0.5) is 0 Å². The predicted molar refractivity (Wildman–Crippen MR) is 94.4 cm³/mol. The highest BCUT2D eigenvalue weighted by molar-refractivity contribution is 5.87. The number of allylic oxidation sites excluding steroid dienone is 2. The number of rotatable bonds is 7. The molecule has 134 valence electrons. The van der Waals surface area contributed by atoms with Gasteiger partial charge < -0.3 is 14.8 Å². The fourth-order valence-corrected chi connectivity index (χ4v) is 2.59. The van der Waals surface area contributed by atoms with E-state index in [4.69, 9.17) is 9.47 Å². The van der Waals surface area contributed by atoms with Crippen molar-refractivity contribution in [2.24, 2.45) is 0 Å². The molecule has 1 aliphatic rings. The average molecular weight is 335 g/mol. The van der Waals surface area contributed by atoms with Gasteiger partial charge in [0.05, 0.1) is 18.2 Å². The van der Waals surface area contributed by atoms with E-state index in [1.165, 1.54) is 13.0 Å². The second kappa shape index (κ2) is 10.1. The summed E-state index contributed by atoms with van der Waals surface area (Å²) in [5, 5.41) is 2.95. The molecule has 0 aromatic carbocycles. The minimum atomic E-state index is -0.419. The first-order valence-corrected chi connectivity index (χ1v) is 8.42. The van der Waals surface area contributed by atoms with Gasteiger partial charge in [0.15, 0.2) is 0 Å². The summed E-state index contributed by atoms with van der Waals surface area (Å²) in [5.41, 5.74) is 1.15. The predicted octanol–water partition coefficient (Wildman–Crippen LogP) is 3.07. The molecular weight excluding hydrogens is 306 g/mol. The third kappa shape index (κ3) is 7.59. The molecule has 5 heteroatoms. The lowest BCUT2D eigenvalue weighted by atomic mass is 9.97. The zero-order valence-corrected chi connectivity index (χ0v) is 15.1. The molecule has 0 spiro atoms. The van der Waals surface area contributed by atoms with Crippen molar-refractivity contribution in [1.29, 1.82) is 0 Å².